The number of nitrogens with two attached hydrogens (primary N) is 1. The second-order valence-corrected chi connectivity index (χ2v) is 9.21. The molecular weight excluding hydrogens is 492 g/mol. The van der Waals surface area contributed by atoms with Crippen molar-refractivity contribution in [3.8, 4) is 6.07 Å². The molecule has 1 heterocycles. The summed E-state index contributed by atoms with van der Waals surface area (Å²) in [4.78, 5) is 0. The van der Waals surface area contributed by atoms with Crippen LogP contribution in [0, 0.1) is 17.2 Å². The highest BCUT2D eigenvalue weighted by Gasteiger charge is 2.38. The molecule has 2 aromatic carbocycles. The summed E-state index contributed by atoms with van der Waals surface area (Å²) >= 11 is 7.29. The molecule has 0 radical (unpaired) electrons. The molecule has 1 aliphatic heterocycles. The molecular formula is C24H20Br2N2O. The third kappa shape index (κ3) is 3.80. The maximum Gasteiger partial charge on any atom is 0.205 e. The first-order chi connectivity index (χ1) is 14.0. The summed E-state index contributed by atoms with van der Waals surface area (Å²) < 4.78 is 8.08. The van der Waals surface area contributed by atoms with E-state index < -0.39 is 0 Å². The predicted octanol–water partition coefficient (Wildman–Crippen LogP) is 6.79. The van der Waals surface area contributed by atoms with Crippen LogP contribution in [0.1, 0.15) is 36.8 Å². The molecule has 2 aromatic rings. The third-order valence-electron chi connectivity index (χ3n) is 5.41. The van der Waals surface area contributed by atoms with Crippen molar-refractivity contribution < 1.29 is 4.74 Å². The van der Waals surface area contributed by atoms with Crippen molar-refractivity contribution >= 4 is 37.9 Å². The van der Waals surface area contributed by atoms with Crippen LogP contribution >= 0.6 is 31.9 Å². The van der Waals surface area contributed by atoms with Crippen LogP contribution in [0.15, 0.2) is 85.8 Å². The molecule has 0 spiro atoms. The second kappa shape index (κ2) is 8.22. The van der Waals surface area contributed by atoms with Gasteiger partial charge < -0.3 is 10.5 Å². The number of allylic oxidation sites excluding steroid dienone is 3. The van der Waals surface area contributed by atoms with E-state index >= 15 is 0 Å². The van der Waals surface area contributed by atoms with E-state index in [1.807, 2.05) is 42.5 Å². The molecule has 0 saturated heterocycles. The van der Waals surface area contributed by atoms with E-state index in [9.17, 15) is 5.26 Å². The summed E-state index contributed by atoms with van der Waals surface area (Å²) in [5.74, 6) is 1.25. The van der Waals surface area contributed by atoms with Gasteiger partial charge in [0.25, 0.3) is 0 Å². The SMILES string of the molecule is C[C@H]1CC2=C(OC(N)=C(C#N)[C@@H]2c2ccccc2Br)/C(=C/c2ccccc2Br)C1. The Morgan fingerprint density at radius 1 is 1.07 bits per heavy atom. The molecule has 2 atom stereocenters. The van der Waals surface area contributed by atoms with E-state index in [0.29, 0.717) is 11.5 Å². The van der Waals surface area contributed by atoms with Gasteiger partial charge in [-0.05, 0) is 59.2 Å². The lowest BCUT2D eigenvalue weighted by Crippen LogP contribution is -2.26. The van der Waals surface area contributed by atoms with Crippen molar-refractivity contribution in [3.05, 3.63) is 97.0 Å². The Hall–Kier alpha value is -2.29. The van der Waals surface area contributed by atoms with E-state index in [4.69, 9.17) is 10.5 Å². The van der Waals surface area contributed by atoms with Crippen LogP contribution in [0.5, 0.6) is 0 Å². The Morgan fingerprint density at radius 2 is 1.76 bits per heavy atom. The fourth-order valence-electron chi connectivity index (χ4n) is 4.15. The number of benzene rings is 2. The summed E-state index contributed by atoms with van der Waals surface area (Å²) in [5, 5.41) is 9.85. The van der Waals surface area contributed by atoms with Crippen molar-refractivity contribution in [1.82, 2.24) is 0 Å². The van der Waals surface area contributed by atoms with Crippen molar-refractivity contribution in [2.45, 2.75) is 25.7 Å². The van der Waals surface area contributed by atoms with E-state index in [1.165, 1.54) is 0 Å². The average molecular weight is 512 g/mol. The van der Waals surface area contributed by atoms with Gasteiger partial charge in [-0.2, -0.15) is 5.26 Å². The number of ether oxygens (including phenoxy) is 1. The van der Waals surface area contributed by atoms with E-state index in [0.717, 1.165) is 49.8 Å². The van der Waals surface area contributed by atoms with Crippen LogP contribution < -0.4 is 5.73 Å². The first-order valence-electron chi connectivity index (χ1n) is 9.50. The zero-order chi connectivity index (χ0) is 20.5. The molecule has 2 aliphatic rings. The average Bonchev–Trinajstić information content (AvgIpc) is 2.70. The molecule has 5 heteroatoms. The standard InChI is InChI=1S/C24H20Br2N2O/c1-14-10-16(12-15-6-2-4-8-20(15)25)23-18(11-14)22(19(13-27)24(28)29-23)17-7-3-5-9-21(17)26/h2-9,12,14,22H,10-11,28H2,1H3/b16-12+/t14-,22-/m1/s1. The summed E-state index contributed by atoms with van der Waals surface area (Å²) in [7, 11) is 0. The number of hydrogen-bond donors (Lipinski definition) is 1. The largest absolute Gasteiger partial charge is 0.440 e. The number of hydrogen-bond acceptors (Lipinski definition) is 3. The molecule has 0 bridgehead atoms. The zero-order valence-electron chi connectivity index (χ0n) is 16.0. The van der Waals surface area contributed by atoms with Gasteiger partial charge >= 0.3 is 0 Å². The number of halogens is 2. The molecule has 1 aliphatic carbocycles. The van der Waals surface area contributed by atoms with Gasteiger partial charge in [-0.3, -0.25) is 0 Å². The van der Waals surface area contributed by atoms with Gasteiger partial charge in [0.2, 0.25) is 5.88 Å². The highest BCUT2D eigenvalue weighted by Crippen LogP contribution is 2.49. The number of nitriles is 1. The minimum atomic E-state index is -0.204. The predicted molar refractivity (Wildman–Crippen MR) is 122 cm³/mol. The van der Waals surface area contributed by atoms with Gasteiger partial charge in [-0.25, -0.2) is 0 Å². The fraction of sp³-hybridized carbons (Fsp3) is 0.208. The molecule has 29 heavy (non-hydrogen) atoms. The van der Waals surface area contributed by atoms with Gasteiger partial charge in [-0.1, -0.05) is 75.2 Å². The van der Waals surface area contributed by atoms with Crippen molar-refractivity contribution in [1.29, 1.82) is 5.26 Å². The van der Waals surface area contributed by atoms with Crippen molar-refractivity contribution in [2.24, 2.45) is 11.7 Å². The molecule has 0 amide bonds. The molecule has 146 valence electrons. The Balaban J connectivity index is 1.91. The summed E-state index contributed by atoms with van der Waals surface area (Å²) in [6.07, 6.45) is 3.93. The first-order valence-corrected chi connectivity index (χ1v) is 11.1. The molecule has 0 unspecified atom stereocenters. The third-order valence-corrected chi connectivity index (χ3v) is 6.85. The summed E-state index contributed by atoms with van der Waals surface area (Å²) in [6.45, 7) is 2.24. The van der Waals surface area contributed by atoms with Gasteiger partial charge in [0.05, 0.1) is 5.92 Å². The maximum atomic E-state index is 9.85. The van der Waals surface area contributed by atoms with Gasteiger partial charge in [0.1, 0.15) is 17.4 Å². The highest BCUT2D eigenvalue weighted by atomic mass is 79.9. The Morgan fingerprint density at radius 3 is 2.45 bits per heavy atom. The Kier molecular flexibility index (Phi) is 5.67. The lowest BCUT2D eigenvalue weighted by molar-refractivity contribution is 0.268. The quantitative estimate of drug-likeness (QED) is 0.483. The first kappa shape index (κ1) is 20.0. The van der Waals surface area contributed by atoms with Crippen LogP contribution in [0.2, 0.25) is 0 Å². The molecule has 4 rings (SSSR count). The van der Waals surface area contributed by atoms with Crippen molar-refractivity contribution in [2.75, 3.05) is 0 Å². The van der Waals surface area contributed by atoms with Gasteiger partial charge in [-0.15, -0.1) is 0 Å². The number of rotatable bonds is 2. The molecule has 0 fully saturated rings. The minimum Gasteiger partial charge on any atom is -0.440 e. The lowest BCUT2D eigenvalue weighted by atomic mass is 9.74. The fourth-order valence-corrected chi connectivity index (χ4v) is 5.07. The van der Waals surface area contributed by atoms with Crippen LogP contribution in [-0.4, -0.2) is 0 Å². The van der Waals surface area contributed by atoms with E-state index in [1.54, 1.807) is 0 Å². The lowest BCUT2D eigenvalue weighted by Gasteiger charge is -2.36. The van der Waals surface area contributed by atoms with Crippen molar-refractivity contribution in [3.63, 3.8) is 0 Å². The van der Waals surface area contributed by atoms with Gasteiger partial charge in [0.15, 0.2) is 0 Å². The van der Waals surface area contributed by atoms with Gasteiger partial charge in [0, 0.05) is 8.95 Å². The van der Waals surface area contributed by atoms with Crippen LogP contribution in [0.3, 0.4) is 0 Å². The highest BCUT2D eigenvalue weighted by molar-refractivity contribution is 9.10. The smallest absolute Gasteiger partial charge is 0.205 e. The van der Waals surface area contributed by atoms with E-state index in [-0.39, 0.29) is 11.8 Å². The zero-order valence-corrected chi connectivity index (χ0v) is 19.1. The van der Waals surface area contributed by atoms with Crippen LogP contribution in [0.25, 0.3) is 6.08 Å². The maximum absolute atomic E-state index is 9.85. The summed E-state index contributed by atoms with van der Waals surface area (Å²) in [5.41, 5.74) is 11.1. The van der Waals surface area contributed by atoms with E-state index in [2.05, 4.69) is 57.0 Å². The Bertz CT molecular complexity index is 1110. The van der Waals surface area contributed by atoms with Crippen LogP contribution in [0.4, 0.5) is 0 Å². The summed E-state index contributed by atoms with van der Waals surface area (Å²) in [6, 6.07) is 18.4. The number of nitrogens with zero attached hydrogens (tertiary/aromatic N) is 1. The molecule has 2 N–H and O–H groups in total. The molecule has 0 saturated carbocycles. The molecule has 3 nitrogen and oxygen atoms in total. The Labute approximate surface area is 187 Å². The van der Waals surface area contributed by atoms with Crippen LogP contribution in [-0.2, 0) is 4.74 Å². The monoisotopic (exact) mass is 510 g/mol. The topological polar surface area (TPSA) is 59.0 Å². The minimum absolute atomic E-state index is 0.194. The normalized spacial score (nSPS) is 22.9. The molecule has 0 aromatic heterocycles. The second-order valence-electron chi connectivity index (χ2n) is 7.51.